The molecule has 0 atom stereocenters. The summed E-state index contributed by atoms with van der Waals surface area (Å²) >= 11 is 0. The summed E-state index contributed by atoms with van der Waals surface area (Å²) in [5.74, 6) is 0. The highest BCUT2D eigenvalue weighted by Gasteiger charge is 2.24. The van der Waals surface area contributed by atoms with Gasteiger partial charge in [0.15, 0.2) is 9.84 Å². The first-order valence-electron chi connectivity index (χ1n) is 6.21. The number of nitrogens with one attached hydrogen (secondary N) is 1. The lowest BCUT2D eigenvalue weighted by Gasteiger charge is -2.25. The molecule has 0 amide bonds. The van der Waals surface area contributed by atoms with Gasteiger partial charge in [0.2, 0.25) is 0 Å². The minimum absolute atomic E-state index is 0.0861. The van der Waals surface area contributed by atoms with Gasteiger partial charge in [-0.25, -0.2) is 8.42 Å². The van der Waals surface area contributed by atoms with Gasteiger partial charge in [-0.3, -0.25) is 0 Å². The highest BCUT2D eigenvalue weighted by atomic mass is 32.2. The van der Waals surface area contributed by atoms with Crippen molar-refractivity contribution in [3.63, 3.8) is 0 Å². The van der Waals surface area contributed by atoms with Crippen LogP contribution in [0.1, 0.15) is 33.3 Å². The molecular weight excluding hydrogens is 246 g/mol. The standard InChI is InChI=1S/C14H23NO2S/c1-11(2)18(16,17)13-8-6-7-12(9-13)14(3,4)10-15-5/h6-9,11,15H,10H2,1-5H3. The van der Waals surface area contributed by atoms with Crippen LogP contribution in [0.4, 0.5) is 0 Å². The summed E-state index contributed by atoms with van der Waals surface area (Å²) in [7, 11) is -1.30. The molecule has 102 valence electrons. The predicted octanol–water partition coefficient (Wildman–Crippen LogP) is 2.37. The molecule has 0 spiro atoms. The van der Waals surface area contributed by atoms with Gasteiger partial charge < -0.3 is 5.32 Å². The van der Waals surface area contributed by atoms with Gasteiger partial charge in [0.05, 0.1) is 10.1 Å². The lowest BCUT2D eigenvalue weighted by molar-refractivity contribution is 0.493. The average Bonchev–Trinajstić information content (AvgIpc) is 2.29. The van der Waals surface area contributed by atoms with E-state index in [1.807, 2.05) is 19.2 Å². The summed E-state index contributed by atoms with van der Waals surface area (Å²) in [5, 5.41) is 2.75. The molecule has 0 heterocycles. The van der Waals surface area contributed by atoms with Crippen molar-refractivity contribution in [2.45, 2.75) is 43.3 Å². The molecule has 0 radical (unpaired) electrons. The fourth-order valence-corrected chi connectivity index (χ4v) is 3.01. The Kier molecular flexibility index (Phi) is 4.56. The molecule has 0 aliphatic rings. The molecule has 1 aromatic carbocycles. The smallest absolute Gasteiger partial charge is 0.180 e. The maximum Gasteiger partial charge on any atom is 0.180 e. The van der Waals surface area contributed by atoms with Crippen molar-refractivity contribution in [1.29, 1.82) is 0 Å². The molecule has 0 aromatic heterocycles. The van der Waals surface area contributed by atoms with Crippen molar-refractivity contribution < 1.29 is 8.42 Å². The Labute approximate surface area is 111 Å². The molecule has 0 unspecified atom stereocenters. The topological polar surface area (TPSA) is 46.2 Å². The van der Waals surface area contributed by atoms with Gasteiger partial charge >= 0.3 is 0 Å². The third-order valence-corrected chi connectivity index (χ3v) is 5.34. The Balaban J connectivity index is 3.23. The van der Waals surface area contributed by atoms with Crippen LogP contribution in [0, 0.1) is 0 Å². The molecular formula is C14H23NO2S. The maximum absolute atomic E-state index is 12.2. The first-order chi connectivity index (χ1) is 8.21. The summed E-state index contributed by atoms with van der Waals surface area (Å²) < 4.78 is 24.3. The minimum atomic E-state index is -3.20. The lowest BCUT2D eigenvalue weighted by atomic mass is 9.85. The Morgan fingerprint density at radius 2 is 1.89 bits per heavy atom. The molecule has 1 rings (SSSR count). The van der Waals surface area contributed by atoms with Crippen molar-refractivity contribution >= 4 is 9.84 Å². The van der Waals surface area contributed by atoms with Crippen LogP contribution in [-0.4, -0.2) is 27.3 Å². The number of likely N-dealkylation sites (N-methyl/N-ethyl adjacent to an activating group) is 1. The number of rotatable bonds is 5. The van der Waals surface area contributed by atoms with Crippen LogP contribution in [0.25, 0.3) is 0 Å². The average molecular weight is 269 g/mol. The number of sulfone groups is 1. The zero-order valence-electron chi connectivity index (χ0n) is 11.8. The highest BCUT2D eigenvalue weighted by molar-refractivity contribution is 7.92. The summed E-state index contributed by atoms with van der Waals surface area (Å²) in [5.41, 5.74) is 0.954. The summed E-state index contributed by atoms with van der Waals surface area (Å²) in [6.45, 7) is 8.43. The molecule has 1 N–H and O–H groups in total. The van der Waals surface area contributed by atoms with Gasteiger partial charge in [-0.05, 0) is 38.6 Å². The van der Waals surface area contributed by atoms with Crippen molar-refractivity contribution in [2.24, 2.45) is 0 Å². The van der Waals surface area contributed by atoms with E-state index in [2.05, 4.69) is 19.2 Å². The SMILES string of the molecule is CNCC(C)(C)c1cccc(S(=O)(=O)C(C)C)c1. The van der Waals surface area contributed by atoms with E-state index in [1.54, 1.807) is 26.0 Å². The maximum atomic E-state index is 12.2. The summed E-state index contributed by atoms with van der Waals surface area (Å²) in [4.78, 5) is 0.416. The van der Waals surface area contributed by atoms with E-state index in [0.29, 0.717) is 4.90 Å². The zero-order chi connectivity index (χ0) is 14.0. The van der Waals surface area contributed by atoms with E-state index in [4.69, 9.17) is 0 Å². The van der Waals surface area contributed by atoms with Crippen LogP contribution < -0.4 is 5.32 Å². The lowest BCUT2D eigenvalue weighted by Crippen LogP contribution is -2.31. The van der Waals surface area contributed by atoms with Gasteiger partial charge in [-0.2, -0.15) is 0 Å². The molecule has 18 heavy (non-hydrogen) atoms. The zero-order valence-corrected chi connectivity index (χ0v) is 12.6. The third kappa shape index (κ3) is 3.12. The Morgan fingerprint density at radius 3 is 2.39 bits per heavy atom. The molecule has 0 aliphatic heterocycles. The van der Waals surface area contributed by atoms with Crippen LogP contribution in [0.2, 0.25) is 0 Å². The molecule has 3 nitrogen and oxygen atoms in total. The highest BCUT2D eigenvalue weighted by Crippen LogP contribution is 2.26. The largest absolute Gasteiger partial charge is 0.319 e. The van der Waals surface area contributed by atoms with Crippen LogP contribution in [0.15, 0.2) is 29.2 Å². The van der Waals surface area contributed by atoms with Gasteiger partial charge in [-0.1, -0.05) is 26.0 Å². The van der Waals surface area contributed by atoms with Crippen molar-refractivity contribution in [1.82, 2.24) is 5.32 Å². The second-order valence-electron chi connectivity index (χ2n) is 5.54. The third-order valence-electron chi connectivity index (χ3n) is 3.18. The molecule has 0 fully saturated rings. The monoisotopic (exact) mass is 269 g/mol. The molecule has 0 saturated carbocycles. The normalized spacial score (nSPS) is 13.0. The second-order valence-corrected chi connectivity index (χ2v) is 8.04. The molecule has 4 heteroatoms. The predicted molar refractivity (Wildman–Crippen MR) is 75.7 cm³/mol. The van der Waals surface area contributed by atoms with E-state index in [1.165, 1.54) is 0 Å². The second kappa shape index (κ2) is 5.41. The molecule has 0 aliphatic carbocycles. The first-order valence-corrected chi connectivity index (χ1v) is 7.75. The first kappa shape index (κ1) is 15.2. The van der Waals surface area contributed by atoms with Gasteiger partial charge in [0.25, 0.3) is 0 Å². The fraction of sp³-hybridized carbons (Fsp3) is 0.571. The van der Waals surface area contributed by atoms with E-state index in [9.17, 15) is 8.42 Å². The Bertz CT molecular complexity index is 504. The van der Waals surface area contributed by atoms with Gasteiger partial charge in [0.1, 0.15) is 0 Å². The Hall–Kier alpha value is -0.870. The van der Waals surface area contributed by atoms with E-state index >= 15 is 0 Å². The number of benzene rings is 1. The van der Waals surface area contributed by atoms with Gasteiger partial charge in [-0.15, -0.1) is 0 Å². The van der Waals surface area contributed by atoms with Crippen molar-refractivity contribution in [2.75, 3.05) is 13.6 Å². The summed E-state index contributed by atoms with van der Waals surface area (Å²) in [6.07, 6.45) is 0. The number of hydrogen-bond acceptors (Lipinski definition) is 3. The van der Waals surface area contributed by atoms with Crippen molar-refractivity contribution in [3.05, 3.63) is 29.8 Å². The molecule has 0 bridgehead atoms. The van der Waals surface area contributed by atoms with E-state index in [0.717, 1.165) is 12.1 Å². The minimum Gasteiger partial charge on any atom is -0.319 e. The van der Waals surface area contributed by atoms with Crippen LogP contribution >= 0.6 is 0 Å². The van der Waals surface area contributed by atoms with Crippen LogP contribution in [0.5, 0.6) is 0 Å². The van der Waals surface area contributed by atoms with Crippen molar-refractivity contribution in [3.8, 4) is 0 Å². The molecule has 1 aromatic rings. The van der Waals surface area contributed by atoms with E-state index < -0.39 is 9.84 Å². The van der Waals surface area contributed by atoms with Crippen LogP contribution in [0.3, 0.4) is 0 Å². The fourth-order valence-electron chi connectivity index (χ4n) is 1.91. The quantitative estimate of drug-likeness (QED) is 0.892. The van der Waals surface area contributed by atoms with Gasteiger partial charge in [0, 0.05) is 12.0 Å². The summed E-state index contributed by atoms with van der Waals surface area (Å²) in [6, 6.07) is 7.28. The number of hydrogen-bond donors (Lipinski definition) is 1. The van der Waals surface area contributed by atoms with E-state index in [-0.39, 0.29) is 10.7 Å². The Morgan fingerprint density at radius 1 is 1.28 bits per heavy atom. The molecule has 0 saturated heterocycles. The van der Waals surface area contributed by atoms with Crippen LogP contribution in [-0.2, 0) is 15.3 Å².